The molecule has 1 rings (SSSR count). The summed E-state index contributed by atoms with van der Waals surface area (Å²) in [4.78, 5) is 0. The monoisotopic (exact) mass is 163 g/mol. The van der Waals surface area contributed by atoms with E-state index in [-0.39, 0.29) is 0 Å². The van der Waals surface area contributed by atoms with Crippen molar-refractivity contribution in [1.82, 2.24) is 0 Å². The molecule has 0 spiro atoms. The molecule has 60 valence electrons. The van der Waals surface area contributed by atoms with Gasteiger partial charge in [0.1, 0.15) is 0 Å². The summed E-state index contributed by atoms with van der Waals surface area (Å²) in [7, 11) is 0. The van der Waals surface area contributed by atoms with Crippen molar-refractivity contribution < 1.29 is 17.3 Å². The predicted octanol–water partition coefficient (Wildman–Crippen LogP) is 1.88. The highest BCUT2D eigenvalue weighted by molar-refractivity contribution is 6.73. The predicted molar refractivity (Wildman–Crippen MR) is 35.1 cm³/mol. The maximum atomic E-state index is 12.4. The van der Waals surface area contributed by atoms with Crippen LogP contribution < -0.4 is 5.46 Å². The highest BCUT2D eigenvalue weighted by Crippen LogP contribution is 2.10. The fourth-order valence-corrected chi connectivity index (χ4v) is 0.741. The molecule has 0 aliphatic carbocycles. The van der Waals surface area contributed by atoms with Crippen LogP contribution in [0.1, 0.15) is 0 Å². The van der Waals surface area contributed by atoms with E-state index >= 15 is 0 Å². The Hall–Kier alpha value is -0.995. The van der Waals surface area contributed by atoms with Crippen molar-refractivity contribution in [2.45, 2.75) is 0 Å². The molecule has 0 unspecified atom stereocenters. The van der Waals surface area contributed by atoms with Crippen molar-refractivity contribution >= 4 is 12.4 Å². The fraction of sp³-hybridized carbons (Fsp3) is 0. The minimum atomic E-state index is -5.20. The number of hydrogen-bond acceptors (Lipinski definition) is 0. The first-order valence-corrected chi connectivity index (χ1v) is 2.96. The molecular weight excluding hydrogens is 159 g/mol. The Morgan fingerprint density at radius 1 is 1.00 bits per heavy atom. The van der Waals surface area contributed by atoms with Crippen LogP contribution in [-0.2, 0) is 0 Å². The van der Waals surface area contributed by atoms with Crippen molar-refractivity contribution in [1.29, 1.82) is 0 Å². The lowest BCUT2D eigenvalue weighted by atomic mass is 9.80. The smallest absolute Gasteiger partial charge is 0.445 e. The standard InChI is InChI=1S/C6H4BF4/c8-6-4-2-1-3-5(6)7(9,10)11/h1-4H/q-1. The summed E-state index contributed by atoms with van der Waals surface area (Å²) in [5.41, 5.74) is -1.16. The number of halogens is 4. The number of benzene rings is 1. The van der Waals surface area contributed by atoms with Gasteiger partial charge in [-0.3, -0.25) is 0 Å². The molecule has 0 radical (unpaired) electrons. The van der Waals surface area contributed by atoms with Gasteiger partial charge in [-0.25, -0.2) is 4.39 Å². The first-order chi connectivity index (χ1) is 5.02. The Kier molecular flexibility index (Phi) is 1.89. The van der Waals surface area contributed by atoms with E-state index in [0.717, 1.165) is 18.2 Å². The molecule has 0 atom stereocenters. The quantitative estimate of drug-likeness (QED) is 0.437. The van der Waals surface area contributed by atoms with Crippen LogP contribution in [0.5, 0.6) is 0 Å². The lowest BCUT2D eigenvalue weighted by molar-refractivity contribution is 0.494. The van der Waals surface area contributed by atoms with Crippen molar-refractivity contribution in [3.05, 3.63) is 30.1 Å². The molecule has 0 fully saturated rings. The molecule has 0 aliphatic rings. The van der Waals surface area contributed by atoms with E-state index in [0.29, 0.717) is 0 Å². The van der Waals surface area contributed by atoms with Gasteiger partial charge >= 0.3 is 6.98 Å². The number of rotatable bonds is 1. The van der Waals surface area contributed by atoms with Gasteiger partial charge in [-0.2, -0.15) is 0 Å². The van der Waals surface area contributed by atoms with Gasteiger partial charge in [-0.1, -0.05) is 23.7 Å². The molecule has 0 amide bonds. The van der Waals surface area contributed by atoms with Gasteiger partial charge in [0.15, 0.2) is 0 Å². The summed E-state index contributed by atoms with van der Waals surface area (Å²) in [5, 5.41) is 0. The molecule has 5 heteroatoms. The van der Waals surface area contributed by atoms with Crippen LogP contribution in [-0.4, -0.2) is 6.98 Å². The maximum Gasteiger partial charge on any atom is 0.512 e. The summed E-state index contributed by atoms with van der Waals surface area (Å²) in [5.74, 6) is -1.21. The summed E-state index contributed by atoms with van der Waals surface area (Å²) < 4.78 is 48.0. The van der Waals surface area contributed by atoms with Gasteiger partial charge in [0, 0.05) is 0 Å². The minimum Gasteiger partial charge on any atom is -0.445 e. The normalized spacial score (nSPS) is 11.6. The van der Waals surface area contributed by atoms with Crippen LogP contribution in [0, 0.1) is 5.82 Å². The average molecular weight is 163 g/mol. The van der Waals surface area contributed by atoms with Crippen LogP contribution >= 0.6 is 0 Å². The molecule has 0 saturated carbocycles. The zero-order valence-electron chi connectivity index (χ0n) is 5.40. The third-order valence-electron chi connectivity index (χ3n) is 1.26. The molecule has 0 nitrogen and oxygen atoms in total. The van der Waals surface area contributed by atoms with Crippen LogP contribution in [0.4, 0.5) is 17.3 Å². The van der Waals surface area contributed by atoms with E-state index in [1.807, 2.05) is 0 Å². The molecular formula is C6H4BF4-. The molecule has 1 aromatic rings. The molecule has 0 heterocycles. The van der Waals surface area contributed by atoms with E-state index < -0.39 is 18.3 Å². The molecule has 0 aromatic heterocycles. The van der Waals surface area contributed by atoms with E-state index in [1.165, 1.54) is 6.07 Å². The molecule has 0 N–H and O–H groups in total. The maximum absolute atomic E-state index is 12.4. The molecule has 0 bridgehead atoms. The minimum absolute atomic E-state index is 0.731. The second-order valence-corrected chi connectivity index (χ2v) is 2.10. The number of hydrogen-bond donors (Lipinski definition) is 0. The third kappa shape index (κ3) is 1.72. The van der Waals surface area contributed by atoms with E-state index in [9.17, 15) is 17.3 Å². The SMILES string of the molecule is Fc1ccccc1[B-](F)(F)F. The van der Waals surface area contributed by atoms with Crippen molar-refractivity contribution in [3.8, 4) is 0 Å². The first kappa shape index (κ1) is 8.10. The summed E-state index contributed by atoms with van der Waals surface area (Å²) >= 11 is 0. The van der Waals surface area contributed by atoms with Crippen molar-refractivity contribution in [2.75, 3.05) is 0 Å². The van der Waals surface area contributed by atoms with Crippen molar-refractivity contribution in [2.24, 2.45) is 0 Å². The lowest BCUT2D eigenvalue weighted by Gasteiger charge is -2.14. The average Bonchev–Trinajstić information content (AvgIpc) is 1.86. The van der Waals surface area contributed by atoms with E-state index in [1.54, 1.807) is 0 Å². The zero-order chi connectivity index (χ0) is 8.48. The van der Waals surface area contributed by atoms with Crippen LogP contribution in [0.25, 0.3) is 0 Å². The second-order valence-electron chi connectivity index (χ2n) is 2.10. The van der Waals surface area contributed by atoms with E-state index in [4.69, 9.17) is 0 Å². The highest BCUT2D eigenvalue weighted by Gasteiger charge is 2.28. The topological polar surface area (TPSA) is 0 Å². The highest BCUT2D eigenvalue weighted by atomic mass is 19.4. The Morgan fingerprint density at radius 2 is 1.55 bits per heavy atom. The second kappa shape index (κ2) is 2.56. The zero-order valence-corrected chi connectivity index (χ0v) is 5.40. The Balaban J connectivity index is 3.14. The van der Waals surface area contributed by atoms with Gasteiger partial charge in [-0.05, 0) is 6.07 Å². The van der Waals surface area contributed by atoms with Gasteiger partial charge in [0.25, 0.3) is 0 Å². The van der Waals surface area contributed by atoms with Gasteiger partial charge in [0.05, 0.1) is 5.82 Å². The van der Waals surface area contributed by atoms with Gasteiger partial charge in [-0.15, -0.1) is 0 Å². The van der Waals surface area contributed by atoms with Crippen LogP contribution in [0.3, 0.4) is 0 Å². The summed E-state index contributed by atoms with van der Waals surface area (Å²) in [6.07, 6.45) is 0. The Morgan fingerprint density at radius 3 is 1.91 bits per heavy atom. The Bertz CT molecular complexity index is 255. The van der Waals surface area contributed by atoms with Crippen molar-refractivity contribution in [3.63, 3.8) is 0 Å². The molecule has 0 saturated heterocycles. The largest absolute Gasteiger partial charge is 0.512 e. The lowest BCUT2D eigenvalue weighted by Crippen LogP contribution is -2.36. The van der Waals surface area contributed by atoms with Crippen LogP contribution in [0.15, 0.2) is 24.3 Å². The molecule has 1 aromatic carbocycles. The molecule has 0 aliphatic heterocycles. The van der Waals surface area contributed by atoms with Gasteiger partial charge in [0.2, 0.25) is 0 Å². The fourth-order valence-electron chi connectivity index (χ4n) is 0.741. The Labute approximate surface area is 60.9 Å². The van der Waals surface area contributed by atoms with E-state index in [2.05, 4.69) is 0 Å². The summed E-state index contributed by atoms with van der Waals surface area (Å²) in [6.45, 7) is -5.20. The molecule has 11 heavy (non-hydrogen) atoms. The van der Waals surface area contributed by atoms with Gasteiger partial charge < -0.3 is 12.9 Å². The first-order valence-electron chi connectivity index (χ1n) is 2.96. The third-order valence-corrected chi connectivity index (χ3v) is 1.26. The summed E-state index contributed by atoms with van der Waals surface area (Å²) in [6, 6.07) is 3.91. The van der Waals surface area contributed by atoms with Crippen LogP contribution in [0.2, 0.25) is 0 Å².